The summed E-state index contributed by atoms with van der Waals surface area (Å²) in [6.07, 6.45) is 0. The van der Waals surface area contributed by atoms with Gasteiger partial charge in [-0.3, -0.25) is 9.59 Å². The Hall–Kier alpha value is -2.89. The molecule has 0 aliphatic heterocycles. The molecule has 0 saturated carbocycles. The smallest absolute Gasteiger partial charge is 0.355 e. The average Bonchev–Trinajstić information content (AvgIpc) is 2.96. The van der Waals surface area contributed by atoms with Gasteiger partial charge in [-0.05, 0) is 52.3 Å². The van der Waals surface area contributed by atoms with E-state index >= 15 is 0 Å². The first-order chi connectivity index (χ1) is 12.8. The third kappa shape index (κ3) is 4.10. The van der Waals surface area contributed by atoms with Crippen molar-refractivity contribution in [2.45, 2.75) is 40.7 Å². The molecule has 2 aromatic rings. The average molecular weight is 370 g/mol. The number of Topliss-reactive ketones (excluding diaryl/α,β-unsaturated/α-hetero) is 1. The Balaban J connectivity index is 2.33. The van der Waals surface area contributed by atoms with Gasteiger partial charge in [0.05, 0.1) is 12.6 Å². The van der Waals surface area contributed by atoms with E-state index in [1.54, 1.807) is 52.0 Å². The minimum absolute atomic E-state index is 0.199. The number of benzene rings is 1. The van der Waals surface area contributed by atoms with Crippen molar-refractivity contribution < 1.29 is 19.1 Å². The highest BCUT2D eigenvalue weighted by atomic mass is 16.5. The highest BCUT2D eigenvalue weighted by molar-refractivity contribution is 6.07. The van der Waals surface area contributed by atoms with Gasteiger partial charge in [-0.15, -0.1) is 0 Å². The third-order valence-corrected chi connectivity index (χ3v) is 4.63. The summed E-state index contributed by atoms with van der Waals surface area (Å²) in [4.78, 5) is 42.5. The highest BCUT2D eigenvalue weighted by Crippen LogP contribution is 2.22. The lowest BCUT2D eigenvalue weighted by molar-refractivity contribution is 0.0519. The highest BCUT2D eigenvalue weighted by Gasteiger charge is 2.30. The molecule has 1 N–H and O–H groups in total. The number of carbonyl (C=O) groups is 3. The Labute approximate surface area is 159 Å². The Morgan fingerprint density at radius 3 is 2.30 bits per heavy atom. The summed E-state index contributed by atoms with van der Waals surface area (Å²) < 4.78 is 5.04. The number of likely N-dealkylation sites (N-methyl/N-ethyl adjacent to an activating group) is 1. The van der Waals surface area contributed by atoms with Gasteiger partial charge in [-0.25, -0.2) is 4.79 Å². The lowest BCUT2D eigenvalue weighted by Gasteiger charge is -2.27. The van der Waals surface area contributed by atoms with Crippen LogP contribution in [0.2, 0.25) is 0 Å². The van der Waals surface area contributed by atoms with Gasteiger partial charge in [0.2, 0.25) is 0 Å². The van der Waals surface area contributed by atoms with Crippen LogP contribution in [0.5, 0.6) is 0 Å². The number of nitrogens with zero attached hydrogens (tertiary/aromatic N) is 1. The standard InChI is InChI=1S/C21H26N2O4/c1-6-23(20(25)16-11-9-8-10-12-16)15(5)19(24)17-13(3)18(22-14(17)4)21(26)27-7-2/h8-12,15,22H,6-7H2,1-5H3. The molecule has 6 heteroatoms. The summed E-state index contributed by atoms with van der Waals surface area (Å²) in [6, 6.07) is 8.22. The number of nitrogens with one attached hydrogen (secondary N) is 1. The number of ketones is 1. The third-order valence-electron chi connectivity index (χ3n) is 4.63. The second-order valence-electron chi connectivity index (χ2n) is 6.34. The van der Waals surface area contributed by atoms with Crippen molar-refractivity contribution in [3.8, 4) is 0 Å². The maximum absolute atomic E-state index is 13.2. The monoisotopic (exact) mass is 370 g/mol. The zero-order chi connectivity index (χ0) is 20.1. The Kier molecular flexibility index (Phi) is 6.55. The molecule has 144 valence electrons. The Bertz CT molecular complexity index is 839. The van der Waals surface area contributed by atoms with Crippen LogP contribution in [0.15, 0.2) is 30.3 Å². The van der Waals surface area contributed by atoms with Gasteiger partial charge in [0.25, 0.3) is 5.91 Å². The molecule has 0 aliphatic rings. The first kappa shape index (κ1) is 20.4. The minimum atomic E-state index is -0.661. The number of carbonyl (C=O) groups excluding carboxylic acids is 3. The molecule has 27 heavy (non-hydrogen) atoms. The number of aromatic amines is 1. The van der Waals surface area contributed by atoms with Gasteiger partial charge in [0.1, 0.15) is 5.69 Å². The largest absolute Gasteiger partial charge is 0.461 e. The van der Waals surface area contributed by atoms with Crippen LogP contribution >= 0.6 is 0 Å². The van der Waals surface area contributed by atoms with Crippen LogP contribution in [0.1, 0.15) is 63.2 Å². The van der Waals surface area contributed by atoms with E-state index in [1.165, 1.54) is 4.90 Å². The van der Waals surface area contributed by atoms with Crippen molar-refractivity contribution in [2.24, 2.45) is 0 Å². The maximum Gasteiger partial charge on any atom is 0.355 e. The van der Waals surface area contributed by atoms with Crippen molar-refractivity contribution in [2.75, 3.05) is 13.2 Å². The van der Waals surface area contributed by atoms with E-state index in [0.717, 1.165) is 0 Å². The van der Waals surface area contributed by atoms with E-state index in [-0.39, 0.29) is 24.0 Å². The topological polar surface area (TPSA) is 79.5 Å². The normalized spacial score (nSPS) is 11.7. The van der Waals surface area contributed by atoms with Crippen LogP contribution in [-0.2, 0) is 4.74 Å². The molecular weight excluding hydrogens is 344 g/mol. The van der Waals surface area contributed by atoms with E-state index in [1.807, 2.05) is 13.0 Å². The number of aryl methyl sites for hydroxylation is 1. The number of amides is 1. The molecule has 0 spiro atoms. The molecule has 1 atom stereocenters. The van der Waals surface area contributed by atoms with Crippen molar-refractivity contribution >= 4 is 17.7 Å². The zero-order valence-corrected chi connectivity index (χ0v) is 16.5. The summed E-state index contributed by atoms with van der Waals surface area (Å²) in [5, 5.41) is 0. The maximum atomic E-state index is 13.2. The molecule has 2 rings (SSSR count). The molecular formula is C21H26N2O4. The second kappa shape index (κ2) is 8.66. The summed E-state index contributed by atoms with van der Waals surface area (Å²) in [5.74, 6) is -0.893. The lowest BCUT2D eigenvalue weighted by atomic mass is 9.99. The van der Waals surface area contributed by atoms with Gasteiger partial charge in [-0.1, -0.05) is 18.2 Å². The molecule has 1 unspecified atom stereocenters. The zero-order valence-electron chi connectivity index (χ0n) is 16.5. The van der Waals surface area contributed by atoms with Crippen molar-refractivity contribution in [3.05, 3.63) is 58.4 Å². The number of hydrogen-bond acceptors (Lipinski definition) is 4. The molecule has 6 nitrogen and oxygen atoms in total. The fraction of sp³-hybridized carbons (Fsp3) is 0.381. The Morgan fingerprint density at radius 2 is 1.74 bits per heavy atom. The fourth-order valence-electron chi connectivity index (χ4n) is 3.22. The van der Waals surface area contributed by atoms with Gasteiger partial charge in [0.15, 0.2) is 5.78 Å². The fourth-order valence-corrected chi connectivity index (χ4v) is 3.22. The SMILES string of the molecule is CCOC(=O)c1[nH]c(C)c(C(=O)C(C)N(CC)C(=O)c2ccccc2)c1C. The lowest BCUT2D eigenvalue weighted by Crippen LogP contribution is -2.43. The van der Waals surface area contributed by atoms with Crippen LogP contribution in [0.4, 0.5) is 0 Å². The molecule has 1 amide bonds. The molecule has 1 aromatic heterocycles. The van der Waals surface area contributed by atoms with Gasteiger partial charge < -0.3 is 14.6 Å². The predicted octanol–water partition coefficient (Wildman–Crippen LogP) is 3.54. The molecule has 0 saturated heterocycles. The summed E-state index contributed by atoms with van der Waals surface area (Å²) in [5.41, 5.74) is 2.39. The van der Waals surface area contributed by atoms with Gasteiger partial charge in [0, 0.05) is 23.4 Å². The number of H-pyrrole nitrogens is 1. The molecule has 1 aromatic carbocycles. The molecule has 0 radical (unpaired) electrons. The molecule has 0 aliphatic carbocycles. The van der Waals surface area contributed by atoms with Crippen molar-refractivity contribution in [1.82, 2.24) is 9.88 Å². The summed E-state index contributed by atoms with van der Waals surface area (Å²) in [6.45, 7) is 9.38. The van der Waals surface area contributed by atoms with E-state index in [4.69, 9.17) is 4.74 Å². The van der Waals surface area contributed by atoms with Crippen LogP contribution in [0.3, 0.4) is 0 Å². The first-order valence-electron chi connectivity index (χ1n) is 9.09. The summed E-state index contributed by atoms with van der Waals surface area (Å²) >= 11 is 0. The number of aromatic nitrogens is 1. The number of hydrogen-bond donors (Lipinski definition) is 1. The van der Waals surface area contributed by atoms with Crippen molar-refractivity contribution in [1.29, 1.82) is 0 Å². The van der Waals surface area contributed by atoms with Crippen LogP contribution in [0, 0.1) is 13.8 Å². The number of rotatable bonds is 7. The van der Waals surface area contributed by atoms with Gasteiger partial charge in [-0.2, -0.15) is 0 Å². The van der Waals surface area contributed by atoms with Gasteiger partial charge >= 0.3 is 5.97 Å². The number of ether oxygens (including phenoxy) is 1. The van der Waals surface area contributed by atoms with E-state index in [2.05, 4.69) is 4.98 Å². The van der Waals surface area contributed by atoms with Crippen LogP contribution < -0.4 is 0 Å². The van der Waals surface area contributed by atoms with E-state index in [9.17, 15) is 14.4 Å². The first-order valence-corrected chi connectivity index (χ1v) is 9.09. The molecule has 0 fully saturated rings. The van der Waals surface area contributed by atoms with Crippen LogP contribution in [0.25, 0.3) is 0 Å². The number of esters is 1. The quantitative estimate of drug-likeness (QED) is 0.597. The van der Waals surface area contributed by atoms with E-state index in [0.29, 0.717) is 28.9 Å². The molecule has 0 bridgehead atoms. The predicted molar refractivity (Wildman–Crippen MR) is 103 cm³/mol. The second-order valence-corrected chi connectivity index (χ2v) is 6.34. The van der Waals surface area contributed by atoms with Crippen LogP contribution in [-0.4, -0.2) is 46.7 Å². The van der Waals surface area contributed by atoms with Crippen molar-refractivity contribution in [3.63, 3.8) is 0 Å². The minimum Gasteiger partial charge on any atom is -0.461 e. The molecule has 1 heterocycles. The summed E-state index contributed by atoms with van der Waals surface area (Å²) in [7, 11) is 0. The van der Waals surface area contributed by atoms with E-state index < -0.39 is 12.0 Å². The Morgan fingerprint density at radius 1 is 1.11 bits per heavy atom.